The zero-order chi connectivity index (χ0) is 6.97. The normalized spacial score (nSPS) is 35.1. The van der Waals surface area contributed by atoms with E-state index >= 15 is 0 Å². The summed E-state index contributed by atoms with van der Waals surface area (Å²) in [7, 11) is 0. The molecule has 0 spiro atoms. The highest BCUT2D eigenvalue weighted by atomic mass is 15.1. The van der Waals surface area contributed by atoms with Gasteiger partial charge in [0.25, 0.3) is 0 Å². The molecule has 0 saturated heterocycles. The topological polar surface area (TPSA) is 36.8 Å². The third kappa shape index (κ3) is 0.667. The molecule has 0 aromatic rings. The first-order chi connectivity index (χ1) is 4.88. The molecule has 10 heavy (non-hydrogen) atoms. The van der Waals surface area contributed by atoms with Crippen LogP contribution in [0.5, 0.6) is 0 Å². The highest BCUT2D eigenvalue weighted by molar-refractivity contribution is 5.79. The van der Waals surface area contributed by atoms with E-state index in [9.17, 15) is 0 Å². The molecular weight excluding hydrogens is 126 g/mol. The van der Waals surface area contributed by atoms with Gasteiger partial charge in [-0.25, -0.2) is 9.98 Å². The summed E-state index contributed by atoms with van der Waals surface area (Å²) in [6, 6.07) is 0. The van der Waals surface area contributed by atoms with Crippen molar-refractivity contribution in [3.8, 4) is 0 Å². The Morgan fingerprint density at radius 2 is 2.50 bits per heavy atom. The molecule has 0 saturated carbocycles. The van der Waals surface area contributed by atoms with E-state index in [-0.39, 0.29) is 6.17 Å². The summed E-state index contributed by atoms with van der Waals surface area (Å²) in [5.74, 6) is 0.394. The zero-order valence-corrected chi connectivity index (χ0v) is 5.78. The number of hydrogen-bond acceptors (Lipinski definition) is 3. The highest BCUT2D eigenvalue weighted by Gasteiger charge is 2.25. The second kappa shape index (κ2) is 1.94. The molecule has 2 atom stereocenters. The Bertz CT molecular complexity index is 227. The molecule has 0 radical (unpaired) electrons. The lowest BCUT2D eigenvalue weighted by Gasteiger charge is -2.14. The quantitative estimate of drug-likeness (QED) is 0.517. The van der Waals surface area contributed by atoms with Gasteiger partial charge in [-0.1, -0.05) is 0 Å². The lowest BCUT2D eigenvalue weighted by atomic mass is 10.0. The Balaban J connectivity index is 2.27. The van der Waals surface area contributed by atoms with Crippen molar-refractivity contribution < 1.29 is 0 Å². The molecule has 2 rings (SSSR count). The van der Waals surface area contributed by atoms with Crippen LogP contribution in [0.2, 0.25) is 0 Å². The first kappa shape index (κ1) is 5.65. The highest BCUT2D eigenvalue weighted by Crippen LogP contribution is 2.20. The summed E-state index contributed by atoms with van der Waals surface area (Å²) in [6.07, 6.45) is 5.76. The molecule has 0 bridgehead atoms. The maximum absolute atomic E-state index is 4.16. The predicted molar refractivity (Wildman–Crippen MR) is 41.2 cm³/mol. The molecular formula is C7H9N3. The SMILES string of the molecule is CC1=CNC2N=CN=CC12. The molecule has 2 aliphatic heterocycles. The fourth-order valence-electron chi connectivity index (χ4n) is 1.24. The van der Waals surface area contributed by atoms with Gasteiger partial charge >= 0.3 is 0 Å². The fraction of sp³-hybridized carbons (Fsp3) is 0.429. The van der Waals surface area contributed by atoms with E-state index in [4.69, 9.17) is 0 Å². The van der Waals surface area contributed by atoms with Gasteiger partial charge in [-0.15, -0.1) is 0 Å². The maximum Gasteiger partial charge on any atom is 0.131 e. The number of hydrogen-bond donors (Lipinski definition) is 1. The van der Waals surface area contributed by atoms with Gasteiger partial charge in [0.05, 0.1) is 5.92 Å². The number of rotatable bonds is 0. The monoisotopic (exact) mass is 135 g/mol. The van der Waals surface area contributed by atoms with Crippen LogP contribution < -0.4 is 5.32 Å². The van der Waals surface area contributed by atoms with E-state index in [1.165, 1.54) is 5.57 Å². The zero-order valence-electron chi connectivity index (χ0n) is 5.78. The number of aliphatic imine (C=N–C) groups is 2. The molecule has 2 unspecified atom stereocenters. The van der Waals surface area contributed by atoms with Crippen LogP contribution in [-0.4, -0.2) is 18.7 Å². The minimum Gasteiger partial charge on any atom is -0.369 e. The first-order valence-corrected chi connectivity index (χ1v) is 3.35. The average molecular weight is 135 g/mol. The minimum absolute atomic E-state index is 0.220. The van der Waals surface area contributed by atoms with Crippen molar-refractivity contribution >= 4 is 12.6 Å². The molecule has 3 heteroatoms. The summed E-state index contributed by atoms with van der Waals surface area (Å²) in [4.78, 5) is 8.13. The molecule has 3 nitrogen and oxygen atoms in total. The van der Waals surface area contributed by atoms with Crippen LogP contribution in [0.25, 0.3) is 0 Å². The van der Waals surface area contributed by atoms with Crippen molar-refractivity contribution in [1.82, 2.24) is 5.32 Å². The van der Waals surface area contributed by atoms with E-state index in [0.29, 0.717) is 5.92 Å². The van der Waals surface area contributed by atoms with Crippen LogP contribution in [0, 0.1) is 5.92 Å². The molecule has 0 aromatic heterocycles. The van der Waals surface area contributed by atoms with Gasteiger partial charge in [-0.2, -0.15) is 0 Å². The van der Waals surface area contributed by atoms with E-state index < -0.39 is 0 Å². The third-order valence-corrected chi connectivity index (χ3v) is 1.89. The molecule has 0 amide bonds. The van der Waals surface area contributed by atoms with E-state index in [0.717, 1.165) is 0 Å². The number of fused-ring (bicyclic) bond motifs is 1. The van der Waals surface area contributed by atoms with Crippen LogP contribution in [0.15, 0.2) is 21.8 Å². The van der Waals surface area contributed by atoms with Crippen molar-refractivity contribution in [1.29, 1.82) is 0 Å². The van der Waals surface area contributed by atoms with Gasteiger partial charge in [-0.05, 0) is 18.7 Å². The smallest absolute Gasteiger partial charge is 0.131 e. The predicted octanol–water partition coefficient (Wildman–Crippen LogP) is 0.548. The maximum atomic E-state index is 4.16. The Kier molecular flexibility index (Phi) is 1.09. The molecule has 2 aliphatic rings. The van der Waals surface area contributed by atoms with Crippen molar-refractivity contribution in [2.45, 2.75) is 13.1 Å². The third-order valence-electron chi connectivity index (χ3n) is 1.89. The second-order valence-corrected chi connectivity index (χ2v) is 2.59. The van der Waals surface area contributed by atoms with Crippen LogP contribution in [0.1, 0.15) is 6.92 Å². The molecule has 0 aromatic carbocycles. The Labute approximate surface area is 59.6 Å². The van der Waals surface area contributed by atoms with Crippen molar-refractivity contribution in [3.63, 3.8) is 0 Å². The lowest BCUT2D eigenvalue weighted by Crippen LogP contribution is -2.28. The van der Waals surface area contributed by atoms with Crippen molar-refractivity contribution in [2.75, 3.05) is 0 Å². The summed E-state index contributed by atoms with van der Waals surface area (Å²) in [5.41, 5.74) is 1.31. The molecule has 0 aliphatic carbocycles. The van der Waals surface area contributed by atoms with E-state index in [1.54, 1.807) is 6.34 Å². The Morgan fingerprint density at radius 1 is 1.60 bits per heavy atom. The van der Waals surface area contributed by atoms with Crippen molar-refractivity contribution in [2.24, 2.45) is 15.9 Å². The molecule has 52 valence electrons. The van der Waals surface area contributed by atoms with Gasteiger partial charge in [-0.3, -0.25) is 0 Å². The fourth-order valence-corrected chi connectivity index (χ4v) is 1.24. The van der Waals surface area contributed by atoms with Gasteiger partial charge in [0.2, 0.25) is 0 Å². The van der Waals surface area contributed by atoms with Crippen LogP contribution in [0.4, 0.5) is 0 Å². The van der Waals surface area contributed by atoms with Gasteiger partial charge in [0, 0.05) is 6.21 Å². The van der Waals surface area contributed by atoms with Crippen LogP contribution in [-0.2, 0) is 0 Å². The van der Waals surface area contributed by atoms with Crippen LogP contribution in [0.3, 0.4) is 0 Å². The summed E-state index contributed by atoms with van der Waals surface area (Å²) >= 11 is 0. The first-order valence-electron chi connectivity index (χ1n) is 3.35. The van der Waals surface area contributed by atoms with Crippen LogP contribution >= 0.6 is 0 Å². The number of nitrogens with one attached hydrogen (secondary N) is 1. The molecule has 1 N–H and O–H groups in total. The molecule has 0 fully saturated rings. The Hall–Kier alpha value is -1.12. The summed E-state index contributed by atoms with van der Waals surface area (Å²) in [5, 5.41) is 3.16. The number of nitrogens with zero attached hydrogens (tertiary/aromatic N) is 2. The Morgan fingerprint density at radius 3 is 3.30 bits per heavy atom. The summed E-state index contributed by atoms with van der Waals surface area (Å²) < 4.78 is 0. The second-order valence-electron chi connectivity index (χ2n) is 2.59. The van der Waals surface area contributed by atoms with Gasteiger partial charge in [0.1, 0.15) is 12.5 Å². The lowest BCUT2D eigenvalue weighted by molar-refractivity contribution is 0.587. The van der Waals surface area contributed by atoms with E-state index in [1.807, 2.05) is 12.4 Å². The molecule has 2 heterocycles. The standard InChI is InChI=1S/C7H9N3/c1-5-2-9-7-6(5)3-8-4-10-7/h2-4,6-7,9H,1H3. The van der Waals surface area contributed by atoms with Crippen molar-refractivity contribution in [3.05, 3.63) is 11.8 Å². The summed E-state index contributed by atoms with van der Waals surface area (Å²) in [6.45, 7) is 2.09. The van der Waals surface area contributed by atoms with E-state index in [2.05, 4.69) is 22.2 Å². The van der Waals surface area contributed by atoms with Gasteiger partial charge in [0.15, 0.2) is 0 Å². The largest absolute Gasteiger partial charge is 0.369 e. The van der Waals surface area contributed by atoms with Gasteiger partial charge < -0.3 is 5.32 Å². The minimum atomic E-state index is 0.220. The average Bonchev–Trinajstić information content (AvgIpc) is 2.34.